The average molecular weight is 403 g/mol. The SMILES string of the molecule is CCNC(=O)NC(=O)[C@@H](C)OC(=O)[C@@H](CC(C)C)N1C(=O)c2ccccc2C1=O. The summed E-state index contributed by atoms with van der Waals surface area (Å²) in [4.78, 5) is 62.7. The Morgan fingerprint density at radius 3 is 2.07 bits per heavy atom. The van der Waals surface area contributed by atoms with Crippen LogP contribution in [0, 0.1) is 5.92 Å². The van der Waals surface area contributed by atoms with Crippen LogP contribution in [0.5, 0.6) is 0 Å². The van der Waals surface area contributed by atoms with Crippen LogP contribution in [0.3, 0.4) is 0 Å². The van der Waals surface area contributed by atoms with Crippen molar-refractivity contribution in [1.29, 1.82) is 0 Å². The lowest BCUT2D eigenvalue weighted by atomic mass is 10.0. The zero-order chi connectivity index (χ0) is 21.7. The van der Waals surface area contributed by atoms with E-state index in [0.717, 1.165) is 4.90 Å². The van der Waals surface area contributed by atoms with E-state index < -0.39 is 41.9 Å². The summed E-state index contributed by atoms with van der Waals surface area (Å²) in [5.74, 6) is -2.88. The third-order valence-corrected chi connectivity index (χ3v) is 4.34. The Kier molecular flexibility index (Phi) is 7.08. The van der Waals surface area contributed by atoms with Crippen molar-refractivity contribution in [3.63, 3.8) is 0 Å². The molecule has 0 fully saturated rings. The number of rotatable bonds is 7. The Morgan fingerprint density at radius 1 is 1.03 bits per heavy atom. The van der Waals surface area contributed by atoms with Gasteiger partial charge in [-0.25, -0.2) is 9.59 Å². The third kappa shape index (κ3) is 4.98. The molecule has 0 radical (unpaired) electrons. The molecule has 9 nitrogen and oxygen atoms in total. The number of carbonyl (C=O) groups excluding carboxylic acids is 5. The molecule has 2 rings (SSSR count). The van der Waals surface area contributed by atoms with Gasteiger partial charge in [-0.2, -0.15) is 0 Å². The van der Waals surface area contributed by atoms with Crippen molar-refractivity contribution in [3.05, 3.63) is 35.4 Å². The predicted molar refractivity (Wildman–Crippen MR) is 103 cm³/mol. The van der Waals surface area contributed by atoms with Crippen molar-refractivity contribution in [3.8, 4) is 0 Å². The Morgan fingerprint density at radius 2 is 1.59 bits per heavy atom. The number of ether oxygens (including phenoxy) is 1. The van der Waals surface area contributed by atoms with E-state index in [2.05, 4.69) is 10.6 Å². The van der Waals surface area contributed by atoms with Crippen molar-refractivity contribution in [2.24, 2.45) is 5.92 Å². The summed E-state index contributed by atoms with van der Waals surface area (Å²) in [6, 6.07) is 4.43. The van der Waals surface area contributed by atoms with E-state index in [1.54, 1.807) is 19.1 Å². The molecule has 0 saturated heterocycles. The summed E-state index contributed by atoms with van der Waals surface area (Å²) in [7, 11) is 0. The van der Waals surface area contributed by atoms with Crippen LogP contribution >= 0.6 is 0 Å². The number of nitrogens with one attached hydrogen (secondary N) is 2. The van der Waals surface area contributed by atoms with Gasteiger partial charge in [0.15, 0.2) is 6.10 Å². The molecular formula is C20H25N3O6. The van der Waals surface area contributed by atoms with Crippen LogP contribution in [0.15, 0.2) is 24.3 Å². The Balaban J connectivity index is 2.17. The van der Waals surface area contributed by atoms with Crippen LogP contribution < -0.4 is 10.6 Å². The largest absolute Gasteiger partial charge is 0.451 e. The molecule has 0 bridgehead atoms. The fourth-order valence-electron chi connectivity index (χ4n) is 2.97. The maximum absolute atomic E-state index is 12.8. The number of imide groups is 2. The molecule has 0 unspecified atom stereocenters. The fraction of sp³-hybridized carbons (Fsp3) is 0.450. The highest BCUT2D eigenvalue weighted by Gasteiger charge is 2.44. The second kappa shape index (κ2) is 9.31. The molecule has 0 spiro atoms. The second-order valence-electron chi connectivity index (χ2n) is 7.10. The summed E-state index contributed by atoms with van der Waals surface area (Å²) >= 11 is 0. The lowest BCUT2D eigenvalue weighted by Gasteiger charge is -2.27. The van der Waals surface area contributed by atoms with Gasteiger partial charge in [-0.1, -0.05) is 26.0 Å². The quantitative estimate of drug-likeness (QED) is 0.525. The minimum Gasteiger partial charge on any atom is -0.451 e. The number of amides is 5. The third-order valence-electron chi connectivity index (χ3n) is 4.34. The van der Waals surface area contributed by atoms with Crippen molar-refractivity contribution in [2.45, 2.75) is 46.3 Å². The highest BCUT2D eigenvalue weighted by molar-refractivity contribution is 6.22. The van der Waals surface area contributed by atoms with Gasteiger partial charge in [-0.3, -0.25) is 24.6 Å². The van der Waals surface area contributed by atoms with Gasteiger partial charge in [0.05, 0.1) is 11.1 Å². The lowest BCUT2D eigenvalue weighted by molar-refractivity contribution is -0.158. The first-order valence-electron chi connectivity index (χ1n) is 9.43. The molecule has 1 heterocycles. The van der Waals surface area contributed by atoms with E-state index in [9.17, 15) is 24.0 Å². The Hall–Kier alpha value is -3.23. The van der Waals surface area contributed by atoms with E-state index in [1.807, 2.05) is 13.8 Å². The van der Waals surface area contributed by atoms with Gasteiger partial charge in [0.1, 0.15) is 6.04 Å². The molecule has 1 aliphatic rings. The van der Waals surface area contributed by atoms with Crippen LogP contribution in [-0.2, 0) is 14.3 Å². The van der Waals surface area contributed by atoms with Crippen LogP contribution in [0.1, 0.15) is 54.8 Å². The average Bonchev–Trinajstić information content (AvgIpc) is 2.90. The zero-order valence-electron chi connectivity index (χ0n) is 16.9. The minimum atomic E-state index is -1.28. The van der Waals surface area contributed by atoms with Crippen LogP contribution in [0.2, 0.25) is 0 Å². The fourth-order valence-corrected chi connectivity index (χ4v) is 2.97. The summed E-state index contributed by atoms with van der Waals surface area (Å²) in [5.41, 5.74) is 0.446. The van der Waals surface area contributed by atoms with Gasteiger partial charge in [0.2, 0.25) is 0 Å². The zero-order valence-corrected chi connectivity index (χ0v) is 16.9. The van der Waals surface area contributed by atoms with E-state index >= 15 is 0 Å². The minimum absolute atomic E-state index is 0.0312. The predicted octanol–water partition coefficient (Wildman–Crippen LogP) is 1.47. The molecule has 9 heteroatoms. The number of nitrogens with zero attached hydrogens (tertiary/aromatic N) is 1. The Labute approximate surface area is 168 Å². The first-order valence-corrected chi connectivity index (χ1v) is 9.43. The molecule has 0 saturated carbocycles. The normalized spacial score (nSPS) is 15.0. The first kappa shape index (κ1) is 22.1. The number of benzene rings is 1. The summed E-state index contributed by atoms with van der Waals surface area (Å²) in [5, 5.41) is 4.44. The topological polar surface area (TPSA) is 122 Å². The smallest absolute Gasteiger partial charge is 0.330 e. The maximum atomic E-state index is 12.8. The molecule has 1 aliphatic heterocycles. The van der Waals surface area contributed by atoms with Gasteiger partial charge in [-0.15, -0.1) is 0 Å². The standard InChI is InChI=1S/C20H25N3O6/c1-5-21-20(28)22-16(24)12(4)29-19(27)15(10-11(2)3)23-17(25)13-8-6-7-9-14(13)18(23)26/h6-9,11-12,15H,5,10H2,1-4H3,(H2,21,22,24,28)/t12-,15-/m1/s1. The highest BCUT2D eigenvalue weighted by Crippen LogP contribution is 2.27. The van der Waals surface area contributed by atoms with Gasteiger partial charge >= 0.3 is 12.0 Å². The van der Waals surface area contributed by atoms with E-state index in [1.165, 1.54) is 19.1 Å². The van der Waals surface area contributed by atoms with Gasteiger partial charge in [-0.05, 0) is 38.3 Å². The molecule has 0 aliphatic carbocycles. The highest BCUT2D eigenvalue weighted by atomic mass is 16.5. The van der Waals surface area contributed by atoms with Crippen LogP contribution in [-0.4, -0.2) is 53.3 Å². The van der Waals surface area contributed by atoms with Gasteiger partial charge in [0.25, 0.3) is 17.7 Å². The van der Waals surface area contributed by atoms with Crippen molar-refractivity contribution >= 4 is 29.7 Å². The Bertz CT molecular complexity index is 800. The maximum Gasteiger partial charge on any atom is 0.330 e. The molecule has 5 amide bonds. The summed E-state index contributed by atoms with van der Waals surface area (Å²) in [6.45, 7) is 6.99. The number of hydrogen-bond donors (Lipinski definition) is 2. The van der Waals surface area contributed by atoms with E-state index in [0.29, 0.717) is 6.54 Å². The van der Waals surface area contributed by atoms with E-state index in [-0.39, 0.29) is 23.5 Å². The van der Waals surface area contributed by atoms with Crippen LogP contribution in [0.25, 0.3) is 0 Å². The first-order chi connectivity index (χ1) is 13.7. The van der Waals surface area contributed by atoms with Crippen molar-refractivity contribution < 1.29 is 28.7 Å². The summed E-state index contributed by atoms with van der Waals surface area (Å²) < 4.78 is 5.19. The summed E-state index contributed by atoms with van der Waals surface area (Å²) in [6.07, 6.45) is -1.11. The van der Waals surface area contributed by atoms with Crippen molar-refractivity contribution in [1.82, 2.24) is 15.5 Å². The number of hydrogen-bond acceptors (Lipinski definition) is 6. The van der Waals surface area contributed by atoms with E-state index in [4.69, 9.17) is 4.74 Å². The number of carbonyl (C=O) groups is 5. The molecular weight excluding hydrogens is 378 g/mol. The lowest BCUT2D eigenvalue weighted by Crippen LogP contribution is -2.49. The second-order valence-corrected chi connectivity index (χ2v) is 7.10. The molecule has 1 aromatic rings. The molecule has 2 atom stereocenters. The monoisotopic (exact) mass is 403 g/mol. The van der Waals surface area contributed by atoms with Crippen LogP contribution in [0.4, 0.5) is 4.79 Å². The molecule has 1 aromatic carbocycles. The number of fused-ring (bicyclic) bond motifs is 1. The number of esters is 1. The molecule has 2 N–H and O–H groups in total. The molecule has 29 heavy (non-hydrogen) atoms. The molecule has 0 aromatic heterocycles. The number of urea groups is 1. The van der Waals surface area contributed by atoms with Crippen molar-refractivity contribution in [2.75, 3.05) is 6.54 Å². The molecule has 156 valence electrons. The van der Waals surface area contributed by atoms with Gasteiger partial charge < -0.3 is 10.1 Å². The van der Waals surface area contributed by atoms with Gasteiger partial charge in [0, 0.05) is 6.54 Å².